The van der Waals surface area contributed by atoms with Crippen molar-refractivity contribution in [2.75, 3.05) is 13.3 Å². The Morgan fingerprint density at radius 1 is 1.23 bits per heavy atom. The van der Waals surface area contributed by atoms with Gasteiger partial charge in [0.05, 0.1) is 0 Å². The van der Waals surface area contributed by atoms with Gasteiger partial charge in [-0.1, -0.05) is 11.6 Å². The lowest BCUT2D eigenvalue weighted by Gasteiger charge is -2.22. The Morgan fingerprint density at radius 2 is 1.96 bits per heavy atom. The topological polar surface area (TPSA) is 56.8 Å². The van der Waals surface area contributed by atoms with Crippen molar-refractivity contribution in [1.29, 1.82) is 0 Å². The van der Waals surface area contributed by atoms with Gasteiger partial charge in [-0.25, -0.2) is 0 Å². The van der Waals surface area contributed by atoms with E-state index in [4.69, 9.17) is 25.8 Å². The minimum Gasteiger partial charge on any atom is -0.483 e. The highest BCUT2D eigenvalue weighted by Crippen LogP contribution is 2.38. The third kappa shape index (κ3) is 3.35. The Kier molecular flexibility index (Phi) is 4.47. The summed E-state index contributed by atoms with van der Waals surface area (Å²) in [4.78, 5) is 12.6. The fourth-order valence-corrected chi connectivity index (χ4v) is 3.16. The standard InChI is InChI=1S/C20H18ClNO4/c1-12(26-15-4-2-14(21)3-5-15)18(23)10-17-16-9-20-19(24-11-25-20)8-13(16)6-7-22-17/h2-5,8-10,12,22H,6-7,11H2,1H3/b17-10-/t12-/m0/s1. The Morgan fingerprint density at radius 3 is 2.73 bits per heavy atom. The monoisotopic (exact) mass is 371 g/mol. The molecule has 2 aromatic carbocycles. The zero-order valence-electron chi connectivity index (χ0n) is 14.3. The number of fused-ring (bicyclic) bond motifs is 2. The van der Waals surface area contributed by atoms with Crippen molar-refractivity contribution in [1.82, 2.24) is 5.32 Å². The Bertz CT molecular complexity index is 876. The lowest BCUT2D eigenvalue weighted by Crippen LogP contribution is -2.27. The number of benzene rings is 2. The third-order valence-corrected chi connectivity index (χ3v) is 4.66. The van der Waals surface area contributed by atoms with E-state index in [0.29, 0.717) is 16.5 Å². The van der Waals surface area contributed by atoms with E-state index in [2.05, 4.69) is 5.32 Å². The molecule has 134 valence electrons. The SMILES string of the molecule is C[C@H](Oc1ccc(Cl)cc1)C(=O)/C=C1\NCCc2cc3c(cc21)OCO3. The van der Waals surface area contributed by atoms with Crippen molar-refractivity contribution < 1.29 is 19.0 Å². The van der Waals surface area contributed by atoms with Gasteiger partial charge in [-0.15, -0.1) is 0 Å². The molecule has 2 aromatic rings. The second-order valence-corrected chi connectivity index (χ2v) is 6.65. The van der Waals surface area contributed by atoms with Crippen LogP contribution in [0.4, 0.5) is 0 Å². The zero-order valence-corrected chi connectivity index (χ0v) is 15.0. The fourth-order valence-electron chi connectivity index (χ4n) is 3.03. The number of nitrogens with one attached hydrogen (secondary N) is 1. The molecule has 0 bridgehead atoms. The molecule has 4 rings (SSSR count). The molecule has 1 N–H and O–H groups in total. The van der Waals surface area contributed by atoms with Crippen molar-refractivity contribution >= 4 is 23.1 Å². The predicted octanol–water partition coefficient (Wildman–Crippen LogP) is 3.59. The molecule has 6 heteroatoms. The first-order chi connectivity index (χ1) is 12.6. The Labute approximate surface area is 156 Å². The molecule has 2 heterocycles. The number of ketones is 1. The summed E-state index contributed by atoms with van der Waals surface area (Å²) in [6, 6.07) is 10.9. The summed E-state index contributed by atoms with van der Waals surface area (Å²) in [5.41, 5.74) is 2.88. The van der Waals surface area contributed by atoms with Gasteiger partial charge in [-0.05, 0) is 55.3 Å². The molecule has 1 atom stereocenters. The van der Waals surface area contributed by atoms with Crippen LogP contribution < -0.4 is 19.5 Å². The molecule has 0 radical (unpaired) electrons. The lowest BCUT2D eigenvalue weighted by molar-refractivity contribution is -0.120. The molecule has 0 aliphatic carbocycles. The number of hydrogen-bond acceptors (Lipinski definition) is 5. The highest BCUT2D eigenvalue weighted by atomic mass is 35.5. The van der Waals surface area contributed by atoms with Gasteiger partial charge in [0.2, 0.25) is 6.79 Å². The summed E-state index contributed by atoms with van der Waals surface area (Å²) in [6.07, 6.45) is 1.86. The molecule has 0 aromatic heterocycles. The summed E-state index contributed by atoms with van der Waals surface area (Å²) >= 11 is 5.87. The van der Waals surface area contributed by atoms with Gasteiger partial charge in [0.1, 0.15) is 5.75 Å². The van der Waals surface area contributed by atoms with Crippen LogP contribution in [0.15, 0.2) is 42.5 Å². The van der Waals surface area contributed by atoms with E-state index in [9.17, 15) is 4.79 Å². The molecule has 2 aliphatic heterocycles. The van der Waals surface area contributed by atoms with Crippen molar-refractivity contribution in [3.63, 3.8) is 0 Å². The largest absolute Gasteiger partial charge is 0.483 e. The van der Waals surface area contributed by atoms with E-state index in [1.54, 1.807) is 37.3 Å². The molecule has 5 nitrogen and oxygen atoms in total. The molecule has 26 heavy (non-hydrogen) atoms. The van der Waals surface area contributed by atoms with E-state index in [1.807, 2.05) is 12.1 Å². The van der Waals surface area contributed by atoms with Gasteiger partial charge < -0.3 is 19.5 Å². The highest BCUT2D eigenvalue weighted by Gasteiger charge is 2.23. The molecule has 0 unspecified atom stereocenters. The predicted molar refractivity (Wildman–Crippen MR) is 98.8 cm³/mol. The second-order valence-electron chi connectivity index (χ2n) is 6.21. The second kappa shape index (κ2) is 6.92. The van der Waals surface area contributed by atoms with Gasteiger partial charge >= 0.3 is 0 Å². The van der Waals surface area contributed by atoms with Crippen molar-refractivity contribution in [2.24, 2.45) is 0 Å². The molecule has 0 saturated heterocycles. The van der Waals surface area contributed by atoms with Crippen LogP contribution in [0, 0.1) is 0 Å². The van der Waals surface area contributed by atoms with Gasteiger partial charge in [0.25, 0.3) is 0 Å². The maximum Gasteiger partial charge on any atom is 0.231 e. The minimum absolute atomic E-state index is 0.118. The van der Waals surface area contributed by atoms with Crippen molar-refractivity contribution in [2.45, 2.75) is 19.4 Å². The number of carbonyl (C=O) groups is 1. The molecule has 0 saturated carbocycles. The Hall–Kier alpha value is -2.66. The summed E-state index contributed by atoms with van der Waals surface area (Å²) in [6.45, 7) is 2.73. The molecule has 2 aliphatic rings. The van der Waals surface area contributed by atoms with Crippen LogP contribution >= 0.6 is 11.6 Å². The van der Waals surface area contributed by atoms with E-state index in [-0.39, 0.29) is 12.6 Å². The van der Waals surface area contributed by atoms with Crippen LogP contribution in [0.3, 0.4) is 0 Å². The molecular weight excluding hydrogens is 354 g/mol. The number of rotatable bonds is 4. The van der Waals surface area contributed by atoms with Gasteiger partial charge in [0.15, 0.2) is 23.4 Å². The zero-order chi connectivity index (χ0) is 18.1. The first-order valence-electron chi connectivity index (χ1n) is 8.45. The van der Waals surface area contributed by atoms with Crippen molar-refractivity contribution in [3.8, 4) is 17.2 Å². The fraction of sp³-hybridized carbons (Fsp3) is 0.250. The molecule has 0 amide bonds. The van der Waals surface area contributed by atoms with E-state index in [0.717, 1.165) is 35.5 Å². The molecular formula is C20H18ClNO4. The van der Waals surface area contributed by atoms with E-state index >= 15 is 0 Å². The average Bonchev–Trinajstić information content (AvgIpc) is 3.09. The molecule has 0 spiro atoms. The average molecular weight is 372 g/mol. The Balaban J connectivity index is 1.55. The number of carbonyl (C=O) groups excluding carboxylic acids is 1. The van der Waals surface area contributed by atoms with Gasteiger partial charge in [-0.2, -0.15) is 0 Å². The summed E-state index contributed by atoms with van der Waals surface area (Å²) in [5, 5.41) is 3.92. The smallest absolute Gasteiger partial charge is 0.231 e. The number of hydrogen-bond donors (Lipinski definition) is 1. The first kappa shape index (κ1) is 16.8. The van der Waals surface area contributed by atoms with Crippen LogP contribution in [0.2, 0.25) is 5.02 Å². The number of halogens is 1. The summed E-state index contributed by atoms with van der Waals surface area (Å²) < 4.78 is 16.6. The summed E-state index contributed by atoms with van der Waals surface area (Å²) in [5.74, 6) is 1.95. The van der Waals surface area contributed by atoms with Gasteiger partial charge in [-0.3, -0.25) is 4.79 Å². The van der Waals surface area contributed by atoms with Crippen LogP contribution in [0.1, 0.15) is 18.1 Å². The van der Waals surface area contributed by atoms with Crippen LogP contribution in [0.25, 0.3) is 5.70 Å². The maximum absolute atomic E-state index is 12.6. The van der Waals surface area contributed by atoms with Gasteiger partial charge in [0, 0.05) is 28.9 Å². The quantitative estimate of drug-likeness (QED) is 0.832. The normalized spacial score (nSPS) is 17.4. The van der Waals surface area contributed by atoms with Crippen LogP contribution in [-0.4, -0.2) is 25.2 Å². The minimum atomic E-state index is -0.607. The van der Waals surface area contributed by atoms with E-state index < -0.39 is 6.10 Å². The number of ether oxygens (including phenoxy) is 3. The van der Waals surface area contributed by atoms with Crippen LogP contribution in [-0.2, 0) is 11.2 Å². The summed E-state index contributed by atoms with van der Waals surface area (Å²) in [7, 11) is 0. The highest BCUT2D eigenvalue weighted by molar-refractivity contribution is 6.30. The molecule has 0 fully saturated rings. The first-order valence-corrected chi connectivity index (χ1v) is 8.82. The maximum atomic E-state index is 12.6. The van der Waals surface area contributed by atoms with Crippen LogP contribution in [0.5, 0.6) is 17.2 Å². The lowest BCUT2D eigenvalue weighted by atomic mass is 9.96. The van der Waals surface area contributed by atoms with E-state index in [1.165, 1.54) is 0 Å². The van der Waals surface area contributed by atoms with Crippen molar-refractivity contribution in [3.05, 3.63) is 58.6 Å². The third-order valence-electron chi connectivity index (χ3n) is 4.41.